The number of hydrogen-bond donors (Lipinski definition) is 0. The maximum atomic E-state index is 5.28. The van der Waals surface area contributed by atoms with Gasteiger partial charge in [-0.2, -0.15) is 16.3 Å². The van der Waals surface area contributed by atoms with Crippen LogP contribution in [0.2, 0.25) is 0 Å². The van der Waals surface area contributed by atoms with E-state index in [4.69, 9.17) is 4.52 Å². The van der Waals surface area contributed by atoms with Crippen LogP contribution in [0.5, 0.6) is 0 Å². The molecular weight excluding hydrogens is 246 g/mol. The van der Waals surface area contributed by atoms with Crippen molar-refractivity contribution in [3.63, 3.8) is 0 Å². The first-order valence-corrected chi connectivity index (χ1v) is 7.38. The molecule has 5 heteroatoms. The first-order valence-electron chi connectivity index (χ1n) is 6.44. The van der Waals surface area contributed by atoms with Crippen molar-refractivity contribution in [2.75, 3.05) is 6.54 Å². The standard InChI is InChI=1S/C13H17N3OS/c1-2-12-14-13(17-15-12)8-16-6-3-4-11(16)10-5-7-18-9-10/h5,7,9,11H,2-4,6,8H2,1H3. The average molecular weight is 263 g/mol. The molecule has 0 radical (unpaired) electrons. The van der Waals surface area contributed by atoms with Crippen molar-refractivity contribution in [2.24, 2.45) is 0 Å². The lowest BCUT2D eigenvalue weighted by Crippen LogP contribution is -2.22. The van der Waals surface area contributed by atoms with Crippen LogP contribution in [0.4, 0.5) is 0 Å². The third-order valence-corrected chi connectivity index (χ3v) is 4.16. The number of aromatic nitrogens is 2. The van der Waals surface area contributed by atoms with Crippen LogP contribution >= 0.6 is 11.3 Å². The molecule has 1 aliphatic heterocycles. The van der Waals surface area contributed by atoms with Crippen LogP contribution in [0.1, 0.15) is 43.1 Å². The fourth-order valence-corrected chi connectivity index (χ4v) is 3.24. The van der Waals surface area contributed by atoms with Crippen LogP contribution in [0.25, 0.3) is 0 Å². The average Bonchev–Trinajstić information content (AvgIpc) is 3.09. The predicted molar refractivity (Wildman–Crippen MR) is 70.4 cm³/mol. The van der Waals surface area contributed by atoms with Crippen LogP contribution in [0, 0.1) is 0 Å². The van der Waals surface area contributed by atoms with Gasteiger partial charge in [0.05, 0.1) is 6.54 Å². The lowest BCUT2D eigenvalue weighted by atomic mass is 10.1. The first kappa shape index (κ1) is 11.9. The van der Waals surface area contributed by atoms with Crippen molar-refractivity contribution < 1.29 is 4.52 Å². The van der Waals surface area contributed by atoms with E-state index in [2.05, 4.69) is 31.9 Å². The Kier molecular flexibility index (Phi) is 3.43. The Morgan fingerprint density at radius 1 is 1.56 bits per heavy atom. The summed E-state index contributed by atoms with van der Waals surface area (Å²) in [6, 6.07) is 2.74. The zero-order valence-corrected chi connectivity index (χ0v) is 11.3. The van der Waals surface area contributed by atoms with Crippen LogP contribution in [0.15, 0.2) is 21.3 Å². The largest absolute Gasteiger partial charge is 0.338 e. The van der Waals surface area contributed by atoms with Gasteiger partial charge in [-0.1, -0.05) is 12.1 Å². The van der Waals surface area contributed by atoms with Crippen molar-refractivity contribution >= 4 is 11.3 Å². The molecule has 2 aromatic rings. The van der Waals surface area contributed by atoms with Gasteiger partial charge in [-0.15, -0.1) is 0 Å². The minimum absolute atomic E-state index is 0.522. The van der Waals surface area contributed by atoms with Crippen LogP contribution in [0.3, 0.4) is 0 Å². The van der Waals surface area contributed by atoms with Gasteiger partial charge < -0.3 is 4.52 Å². The molecular formula is C13H17N3OS. The zero-order chi connectivity index (χ0) is 12.4. The summed E-state index contributed by atoms with van der Waals surface area (Å²) < 4.78 is 5.28. The molecule has 0 aromatic carbocycles. The fourth-order valence-electron chi connectivity index (χ4n) is 2.53. The lowest BCUT2D eigenvalue weighted by Gasteiger charge is -2.21. The molecule has 3 rings (SSSR count). The fraction of sp³-hybridized carbons (Fsp3) is 0.538. The van der Waals surface area contributed by atoms with Gasteiger partial charge in [0, 0.05) is 12.5 Å². The van der Waals surface area contributed by atoms with E-state index >= 15 is 0 Å². The molecule has 0 aliphatic carbocycles. The van der Waals surface area contributed by atoms with E-state index in [9.17, 15) is 0 Å². The maximum Gasteiger partial charge on any atom is 0.240 e. The van der Waals surface area contributed by atoms with Crippen LogP contribution in [-0.2, 0) is 13.0 Å². The Labute approximate surface area is 111 Å². The maximum absolute atomic E-state index is 5.28. The normalized spacial score (nSPS) is 20.6. The highest BCUT2D eigenvalue weighted by atomic mass is 32.1. The summed E-state index contributed by atoms with van der Waals surface area (Å²) in [7, 11) is 0. The van der Waals surface area contributed by atoms with Crippen LogP contribution < -0.4 is 0 Å². The molecule has 0 saturated carbocycles. The highest BCUT2D eigenvalue weighted by Crippen LogP contribution is 2.33. The number of nitrogens with zero attached hydrogens (tertiary/aromatic N) is 3. The third kappa shape index (κ3) is 2.33. The Bertz CT molecular complexity index is 494. The summed E-state index contributed by atoms with van der Waals surface area (Å²) in [5.74, 6) is 1.55. The summed E-state index contributed by atoms with van der Waals surface area (Å²) >= 11 is 1.76. The van der Waals surface area contributed by atoms with Gasteiger partial charge in [0.1, 0.15) is 0 Å². The minimum atomic E-state index is 0.522. The molecule has 18 heavy (non-hydrogen) atoms. The molecule has 0 amide bonds. The van der Waals surface area contributed by atoms with Gasteiger partial charge in [-0.3, -0.25) is 4.90 Å². The molecule has 1 aliphatic rings. The lowest BCUT2D eigenvalue weighted by molar-refractivity contribution is 0.212. The topological polar surface area (TPSA) is 42.2 Å². The van der Waals surface area contributed by atoms with Crippen molar-refractivity contribution in [1.82, 2.24) is 15.0 Å². The molecule has 1 fully saturated rings. The third-order valence-electron chi connectivity index (χ3n) is 3.46. The zero-order valence-electron chi connectivity index (χ0n) is 10.5. The summed E-state index contributed by atoms with van der Waals surface area (Å²) in [5, 5.41) is 8.34. The van der Waals surface area contributed by atoms with Gasteiger partial charge in [0.25, 0.3) is 0 Å². The van der Waals surface area contributed by atoms with Crippen molar-refractivity contribution in [2.45, 2.75) is 38.8 Å². The van der Waals surface area contributed by atoms with Crippen molar-refractivity contribution in [3.8, 4) is 0 Å². The molecule has 0 spiro atoms. The molecule has 1 atom stereocenters. The second kappa shape index (κ2) is 5.20. The summed E-state index contributed by atoms with van der Waals surface area (Å²) in [5.41, 5.74) is 1.42. The molecule has 0 N–H and O–H groups in total. The van der Waals surface area contributed by atoms with Crippen LogP contribution in [-0.4, -0.2) is 21.6 Å². The molecule has 0 bridgehead atoms. The Morgan fingerprint density at radius 2 is 2.50 bits per heavy atom. The van der Waals surface area contributed by atoms with Crippen molar-refractivity contribution in [1.29, 1.82) is 0 Å². The monoisotopic (exact) mass is 263 g/mol. The number of thiophene rings is 1. The highest BCUT2D eigenvalue weighted by Gasteiger charge is 2.27. The van der Waals surface area contributed by atoms with E-state index < -0.39 is 0 Å². The Morgan fingerprint density at radius 3 is 3.22 bits per heavy atom. The Balaban J connectivity index is 1.71. The quantitative estimate of drug-likeness (QED) is 0.850. The second-order valence-corrected chi connectivity index (χ2v) is 5.42. The molecule has 2 aromatic heterocycles. The van der Waals surface area contributed by atoms with E-state index in [0.29, 0.717) is 6.04 Å². The van der Waals surface area contributed by atoms with Gasteiger partial charge in [-0.25, -0.2) is 0 Å². The number of likely N-dealkylation sites (tertiary alicyclic amines) is 1. The first-order chi connectivity index (χ1) is 8.86. The van der Waals surface area contributed by atoms with E-state index in [1.165, 1.54) is 18.4 Å². The molecule has 4 nitrogen and oxygen atoms in total. The van der Waals surface area contributed by atoms with E-state index in [1.807, 2.05) is 6.92 Å². The predicted octanol–water partition coefficient (Wildman–Crippen LogP) is 3.03. The van der Waals surface area contributed by atoms with E-state index in [0.717, 1.165) is 31.2 Å². The SMILES string of the molecule is CCc1noc(CN2CCCC2c2ccsc2)n1. The number of rotatable bonds is 4. The minimum Gasteiger partial charge on any atom is -0.338 e. The van der Waals surface area contributed by atoms with Gasteiger partial charge >= 0.3 is 0 Å². The number of aryl methyl sites for hydroxylation is 1. The Hall–Kier alpha value is -1.20. The summed E-state index contributed by atoms with van der Waals surface area (Å²) in [6.45, 7) is 3.93. The highest BCUT2D eigenvalue weighted by molar-refractivity contribution is 7.07. The molecule has 1 saturated heterocycles. The summed E-state index contributed by atoms with van der Waals surface area (Å²) in [4.78, 5) is 6.83. The van der Waals surface area contributed by atoms with Gasteiger partial charge in [0.15, 0.2) is 5.82 Å². The molecule has 3 heterocycles. The van der Waals surface area contributed by atoms with Gasteiger partial charge in [-0.05, 0) is 41.8 Å². The van der Waals surface area contributed by atoms with Gasteiger partial charge in [0.2, 0.25) is 5.89 Å². The van der Waals surface area contributed by atoms with E-state index in [-0.39, 0.29) is 0 Å². The smallest absolute Gasteiger partial charge is 0.240 e. The molecule has 96 valence electrons. The summed E-state index contributed by atoms with van der Waals surface area (Å²) in [6.07, 6.45) is 3.30. The van der Waals surface area contributed by atoms with E-state index in [1.54, 1.807) is 11.3 Å². The van der Waals surface area contributed by atoms with Crippen molar-refractivity contribution in [3.05, 3.63) is 34.1 Å². The second-order valence-electron chi connectivity index (χ2n) is 4.64. The number of hydrogen-bond acceptors (Lipinski definition) is 5. The molecule has 1 unspecified atom stereocenters.